The number of benzene rings is 4. The number of nitrogens with one attached hydrogen (secondary N) is 3. The molecule has 42 heavy (non-hydrogen) atoms. The summed E-state index contributed by atoms with van der Waals surface area (Å²) in [6.07, 6.45) is 1.52. The van der Waals surface area contributed by atoms with E-state index in [1.807, 2.05) is 13.0 Å². The van der Waals surface area contributed by atoms with Crippen LogP contribution in [0.15, 0.2) is 102 Å². The van der Waals surface area contributed by atoms with Crippen LogP contribution in [-0.4, -0.2) is 30.6 Å². The zero-order chi connectivity index (χ0) is 30.1. The first-order valence-corrected chi connectivity index (χ1v) is 14.5. The van der Waals surface area contributed by atoms with Crippen LogP contribution in [0, 0.1) is 6.92 Å². The lowest BCUT2D eigenvalue weighted by atomic mass is 10.1. The summed E-state index contributed by atoms with van der Waals surface area (Å²) in [5.41, 5.74) is 2.81. The summed E-state index contributed by atoms with van der Waals surface area (Å²) in [4.78, 5) is 39.7. The van der Waals surface area contributed by atoms with E-state index in [0.29, 0.717) is 38.3 Å². The van der Waals surface area contributed by atoms with Crippen LogP contribution in [0.3, 0.4) is 0 Å². The van der Waals surface area contributed by atoms with E-state index in [0.717, 1.165) is 10.5 Å². The van der Waals surface area contributed by atoms with Gasteiger partial charge in [-0.2, -0.15) is 0 Å². The van der Waals surface area contributed by atoms with E-state index in [1.165, 1.54) is 24.9 Å². The number of carbonyl (C=O) groups is 3. The quantitative estimate of drug-likeness (QED) is 0.126. The lowest BCUT2D eigenvalue weighted by molar-refractivity contribution is -0.114. The second kappa shape index (κ2) is 14.6. The number of hydrogen-bond acceptors (Lipinski definition) is 5. The summed E-state index contributed by atoms with van der Waals surface area (Å²) in [5.74, 6) is -0.625. The molecule has 0 aliphatic rings. The van der Waals surface area contributed by atoms with Crippen LogP contribution in [0.4, 0.5) is 11.4 Å². The van der Waals surface area contributed by atoms with Gasteiger partial charge in [-0.3, -0.25) is 14.4 Å². The van der Waals surface area contributed by atoms with Crippen molar-refractivity contribution < 1.29 is 19.1 Å². The Kier molecular flexibility index (Phi) is 10.7. The van der Waals surface area contributed by atoms with Gasteiger partial charge in [0.1, 0.15) is 11.4 Å². The molecule has 0 spiro atoms. The van der Waals surface area contributed by atoms with Gasteiger partial charge in [0.25, 0.3) is 11.8 Å². The first kappa shape index (κ1) is 30.7. The van der Waals surface area contributed by atoms with Gasteiger partial charge < -0.3 is 20.7 Å². The molecule has 0 aliphatic heterocycles. The van der Waals surface area contributed by atoms with Crippen molar-refractivity contribution >= 4 is 70.1 Å². The van der Waals surface area contributed by atoms with Crippen molar-refractivity contribution in [3.05, 3.63) is 123 Å². The Hall–Kier alpha value is -4.24. The average molecular weight is 621 g/mol. The van der Waals surface area contributed by atoms with Crippen LogP contribution in [0.5, 0.6) is 5.75 Å². The van der Waals surface area contributed by atoms with Crippen LogP contribution < -0.4 is 20.7 Å². The molecule has 0 fully saturated rings. The first-order chi connectivity index (χ1) is 20.2. The highest BCUT2D eigenvalue weighted by Gasteiger charge is 2.16. The Morgan fingerprint density at radius 3 is 2.33 bits per heavy atom. The van der Waals surface area contributed by atoms with Crippen molar-refractivity contribution in [1.29, 1.82) is 0 Å². The molecule has 4 rings (SSSR count). The lowest BCUT2D eigenvalue weighted by Crippen LogP contribution is -2.30. The molecule has 4 aromatic carbocycles. The van der Waals surface area contributed by atoms with Crippen LogP contribution in [0.1, 0.15) is 21.5 Å². The van der Waals surface area contributed by atoms with E-state index in [4.69, 9.17) is 27.9 Å². The van der Waals surface area contributed by atoms with Gasteiger partial charge in [-0.1, -0.05) is 65.7 Å². The highest BCUT2D eigenvalue weighted by molar-refractivity contribution is 8.00. The molecule has 7 nitrogen and oxygen atoms in total. The van der Waals surface area contributed by atoms with E-state index in [1.54, 1.807) is 84.9 Å². The summed E-state index contributed by atoms with van der Waals surface area (Å²) in [5, 5.41) is 9.35. The zero-order valence-corrected chi connectivity index (χ0v) is 25.1. The SMILES string of the molecule is COc1cc(Cl)c(C)cc1NC(=O)CSc1cccc(NC(=O)/C(=C\c2ccccc2Cl)NC(=O)c2ccccc2)c1. The van der Waals surface area contributed by atoms with Gasteiger partial charge in [0, 0.05) is 32.3 Å². The molecular weight excluding hydrogens is 593 g/mol. The summed E-state index contributed by atoms with van der Waals surface area (Å²) >= 11 is 13.8. The summed E-state index contributed by atoms with van der Waals surface area (Å²) < 4.78 is 5.33. The number of hydrogen-bond donors (Lipinski definition) is 3. The fourth-order valence-electron chi connectivity index (χ4n) is 3.82. The molecule has 0 saturated heterocycles. The van der Waals surface area contributed by atoms with Gasteiger partial charge in [-0.05, 0) is 66.6 Å². The monoisotopic (exact) mass is 619 g/mol. The average Bonchev–Trinajstić information content (AvgIpc) is 2.99. The third-order valence-corrected chi connectivity index (χ3v) is 7.70. The maximum atomic E-state index is 13.4. The molecular formula is C32H27Cl2N3O4S. The van der Waals surface area contributed by atoms with Crippen molar-refractivity contribution in [2.24, 2.45) is 0 Å². The highest BCUT2D eigenvalue weighted by atomic mass is 35.5. The molecule has 0 atom stereocenters. The third kappa shape index (κ3) is 8.39. The van der Waals surface area contributed by atoms with Gasteiger partial charge in [0.05, 0.1) is 18.6 Å². The van der Waals surface area contributed by atoms with E-state index in [2.05, 4.69) is 16.0 Å². The molecule has 0 radical (unpaired) electrons. The number of methoxy groups -OCH3 is 1. The molecule has 3 N–H and O–H groups in total. The second-order valence-electron chi connectivity index (χ2n) is 9.02. The van der Waals surface area contributed by atoms with Crippen molar-refractivity contribution in [3.63, 3.8) is 0 Å². The molecule has 0 saturated carbocycles. The normalized spacial score (nSPS) is 11.0. The van der Waals surface area contributed by atoms with E-state index in [-0.39, 0.29) is 17.4 Å². The van der Waals surface area contributed by atoms with Gasteiger partial charge >= 0.3 is 0 Å². The summed E-state index contributed by atoms with van der Waals surface area (Å²) in [6.45, 7) is 1.84. The summed E-state index contributed by atoms with van der Waals surface area (Å²) in [6, 6.07) is 26.1. The Morgan fingerprint density at radius 2 is 1.60 bits per heavy atom. The Morgan fingerprint density at radius 1 is 0.857 bits per heavy atom. The van der Waals surface area contributed by atoms with Gasteiger partial charge in [-0.25, -0.2) is 0 Å². The molecule has 0 aromatic heterocycles. The van der Waals surface area contributed by atoms with Crippen LogP contribution in [-0.2, 0) is 9.59 Å². The molecule has 0 bridgehead atoms. The number of aryl methyl sites for hydroxylation is 1. The molecule has 0 aliphatic carbocycles. The lowest BCUT2D eigenvalue weighted by Gasteiger charge is -2.13. The number of thioether (sulfide) groups is 1. The molecule has 4 aromatic rings. The van der Waals surface area contributed by atoms with Gasteiger partial charge in [-0.15, -0.1) is 11.8 Å². The molecule has 0 heterocycles. The van der Waals surface area contributed by atoms with Gasteiger partial charge in [0.15, 0.2) is 0 Å². The first-order valence-electron chi connectivity index (χ1n) is 12.7. The molecule has 10 heteroatoms. The van der Waals surface area contributed by atoms with Crippen molar-refractivity contribution in [2.75, 3.05) is 23.5 Å². The molecule has 3 amide bonds. The standard InChI is InChI=1S/C32H27Cl2N3O4S/c1-20-15-27(29(41-2)18-26(20)34)36-30(38)19-42-24-13-8-12-23(17-24)35-32(40)28(16-22-11-6-7-14-25(22)33)37-31(39)21-9-4-3-5-10-21/h3-18H,19H2,1-2H3,(H,35,40)(H,36,38)(H,37,39)/b28-16+. The van der Waals surface area contributed by atoms with Crippen molar-refractivity contribution in [1.82, 2.24) is 5.32 Å². The molecule has 0 unspecified atom stereocenters. The zero-order valence-electron chi connectivity index (χ0n) is 22.7. The minimum Gasteiger partial charge on any atom is -0.495 e. The largest absolute Gasteiger partial charge is 0.495 e. The topological polar surface area (TPSA) is 96.5 Å². The minimum absolute atomic E-state index is 0.0154. The molecule has 214 valence electrons. The van der Waals surface area contributed by atoms with Crippen LogP contribution >= 0.6 is 35.0 Å². The fourth-order valence-corrected chi connectivity index (χ4v) is 4.92. The third-order valence-electron chi connectivity index (χ3n) is 5.95. The van der Waals surface area contributed by atoms with Gasteiger partial charge in [0.2, 0.25) is 5.91 Å². The number of anilines is 2. The van der Waals surface area contributed by atoms with Crippen LogP contribution in [0.2, 0.25) is 10.0 Å². The number of carbonyl (C=O) groups excluding carboxylic acids is 3. The Balaban J connectivity index is 1.46. The predicted molar refractivity (Wildman–Crippen MR) is 171 cm³/mol. The van der Waals surface area contributed by atoms with E-state index in [9.17, 15) is 14.4 Å². The minimum atomic E-state index is -0.538. The number of ether oxygens (including phenoxy) is 1. The fraction of sp³-hybridized carbons (Fsp3) is 0.0938. The van der Waals surface area contributed by atoms with Crippen LogP contribution in [0.25, 0.3) is 6.08 Å². The number of amides is 3. The maximum absolute atomic E-state index is 13.4. The van der Waals surface area contributed by atoms with Crippen molar-refractivity contribution in [2.45, 2.75) is 11.8 Å². The Labute approximate surface area is 258 Å². The highest BCUT2D eigenvalue weighted by Crippen LogP contribution is 2.31. The Bertz CT molecular complexity index is 1640. The van der Waals surface area contributed by atoms with Crippen molar-refractivity contribution in [3.8, 4) is 5.75 Å². The number of rotatable bonds is 10. The van der Waals surface area contributed by atoms with E-state index >= 15 is 0 Å². The smallest absolute Gasteiger partial charge is 0.272 e. The predicted octanol–water partition coefficient (Wildman–Crippen LogP) is 7.45. The second-order valence-corrected chi connectivity index (χ2v) is 10.9. The number of halogens is 2. The van der Waals surface area contributed by atoms with E-state index < -0.39 is 11.8 Å². The maximum Gasteiger partial charge on any atom is 0.272 e. The summed E-state index contributed by atoms with van der Waals surface area (Å²) in [7, 11) is 1.51.